The van der Waals surface area contributed by atoms with Crippen molar-refractivity contribution in [2.75, 3.05) is 38.5 Å². The van der Waals surface area contributed by atoms with Crippen LogP contribution in [0.1, 0.15) is 19.4 Å². The predicted molar refractivity (Wildman–Crippen MR) is 86.1 cm³/mol. The lowest BCUT2D eigenvalue weighted by Crippen LogP contribution is -2.58. The summed E-state index contributed by atoms with van der Waals surface area (Å²) in [6.07, 6.45) is 0. The lowest BCUT2D eigenvalue weighted by molar-refractivity contribution is -0.118. The first kappa shape index (κ1) is 15.9. The molecule has 1 amide bonds. The number of piperazine rings is 1. The van der Waals surface area contributed by atoms with Gasteiger partial charge in [0.25, 0.3) is 0 Å². The molecule has 0 aliphatic carbocycles. The molecule has 0 spiro atoms. The van der Waals surface area contributed by atoms with Gasteiger partial charge in [-0.25, -0.2) is 0 Å². The van der Waals surface area contributed by atoms with E-state index in [9.17, 15) is 4.79 Å². The summed E-state index contributed by atoms with van der Waals surface area (Å²) in [7, 11) is 2.14. The molecule has 0 saturated carbocycles. The molecule has 0 atom stereocenters. The maximum absolute atomic E-state index is 12.1. The van der Waals surface area contributed by atoms with Crippen molar-refractivity contribution < 1.29 is 4.79 Å². The Balaban J connectivity index is 1.87. The first-order valence-electron chi connectivity index (χ1n) is 7.43. The molecule has 1 aromatic carbocycles. The first-order chi connectivity index (χ1) is 9.90. The number of carbonyl (C=O) groups is 1. The highest BCUT2D eigenvalue weighted by molar-refractivity contribution is 5.92. The molecule has 0 unspecified atom stereocenters. The SMILES string of the molecule is CN1CCN(CC(=O)Nc2ccc(CN)cc2)CC1(C)C. The van der Waals surface area contributed by atoms with E-state index in [2.05, 4.69) is 36.0 Å². The Morgan fingerprint density at radius 1 is 1.29 bits per heavy atom. The number of nitrogens with two attached hydrogens (primary N) is 1. The van der Waals surface area contributed by atoms with E-state index in [4.69, 9.17) is 5.73 Å². The Morgan fingerprint density at radius 3 is 2.52 bits per heavy atom. The molecule has 5 nitrogen and oxygen atoms in total. The number of hydrogen-bond donors (Lipinski definition) is 2. The number of anilines is 1. The summed E-state index contributed by atoms with van der Waals surface area (Å²) in [5, 5.41) is 2.94. The van der Waals surface area contributed by atoms with Crippen LogP contribution in [-0.4, -0.2) is 54.5 Å². The van der Waals surface area contributed by atoms with Crippen molar-refractivity contribution in [3.8, 4) is 0 Å². The number of hydrogen-bond acceptors (Lipinski definition) is 4. The van der Waals surface area contributed by atoms with E-state index < -0.39 is 0 Å². The fourth-order valence-corrected chi connectivity index (χ4v) is 2.60. The van der Waals surface area contributed by atoms with Crippen molar-refractivity contribution in [2.45, 2.75) is 25.9 Å². The minimum atomic E-state index is 0.0378. The van der Waals surface area contributed by atoms with Gasteiger partial charge in [0.2, 0.25) is 5.91 Å². The molecule has 1 saturated heterocycles. The maximum Gasteiger partial charge on any atom is 0.238 e. The third-order valence-electron chi connectivity index (χ3n) is 4.24. The smallest absolute Gasteiger partial charge is 0.238 e. The third kappa shape index (κ3) is 4.27. The van der Waals surface area contributed by atoms with Crippen molar-refractivity contribution in [1.29, 1.82) is 0 Å². The second-order valence-corrected chi connectivity index (χ2v) is 6.39. The van der Waals surface area contributed by atoms with Gasteiger partial charge in [-0.3, -0.25) is 14.6 Å². The Bertz CT molecular complexity index is 484. The predicted octanol–water partition coefficient (Wildman–Crippen LogP) is 1.11. The largest absolute Gasteiger partial charge is 0.326 e. The van der Waals surface area contributed by atoms with Gasteiger partial charge in [0.15, 0.2) is 0 Å². The van der Waals surface area contributed by atoms with Crippen molar-refractivity contribution in [3.05, 3.63) is 29.8 Å². The molecule has 2 rings (SSSR count). The Morgan fingerprint density at radius 2 is 1.95 bits per heavy atom. The Labute approximate surface area is 127 Å². The van der Waals surface area contributed by atoms with Gasteiger partial charge in [0.05, 0.1) is 6.54 Å². The monoisotopic (exact) mass is 290 g/mol. The number of rotatable bonds is 4. The summed E-state index contributed by atoms with van der Waals surface area (Å²) in [5.74, 6) is 0.0378. The first-order valence-corrected chi connectivity index (χ1v) is 7.43. The van der Waals surface area contributed by atoms with Crippen LogP contribution >= 0.6 is 0 Å². The summed E-state index contributed by atoms with van der Waals surface area (Å²) < 4.78 is 0. The molecule has 0 radical (unpaired) electrons. The summed E-state index contributed by atoms with van der Waals surface area (Å²) in [6.45, 7) is 8.21. The van der Waals surface area contributed by atoms with E-state index in [0.29, 0.717) is 13.1 Å². The fraction of sp³-hybridized carbons (Fsp3) is 0.562. The zero-order chi connectivity index (χ0) is 15.5. The molecule has 1 aliphatic heterocycles. The molecular weight excluding hydrogens is 264 g/mol. The summed E-state index contributed by atoms with van der Waals surface area (Å²) in [5.41, 5.74) is 7.56. The van der Waals surface area contributed by atoms with Gasteiger partial charge in [-0.05, 0) is 38.6 Å². The van der Waals surface area contributed by atoms with Gasteiger partial charge in [0.1, 0.15) is 0 Å². The molecule has 21 heavy (non-hydrogen) atoms. The van der Waals surface area contributed by atoms with E-state index in [0.717, 1.165) is 30.9 Å². The molecule has 3 N–H and O–H groups in total. The summed E-state index contributed by atoms with van der Waals surface area (Å²) in [6, 6.07) is 7.67. The molecule has 1 heterocycles. The lowest BCUT2D eigenvalue weighted by Gasteiger charge is -2.45. The molecule has 5 heteroatoms. The average Bonchev–Trinajstić information content (AvgIpc) is 2.43. The van der Waals surface area contributed by atoms with E-state index >= 15 is 0 Å². The van der Waals surface area contributed by atoms with Crippen LogP contribution < -0.4 is 11.1 Å². The average molecular weight is 290 g/mol. The summed E-state index contributed by atoms with van der Waals surface area (Å²) in [4.78, 5) is 16.7. The zero-order valence-corrected chi connectivity index (χ0v) is 13.2. The minimum Gasteiger partial charge on any atom is -0.326 e. The number of benzene rings is 1. The quantitative estimate of drug-likeness (QED) is 0.872. The van der Waals surface area contributed by atoms with E-state index in [1.807, 2.05) is 24.3 Å². The highest BCUT2D eigenvalue weighted by Crippen LogP contribution is 2.18. The standard InChI is InChI=1S/C16H26N4O/c1-16(2)12-20(9-8-19(16)3)11-15(21)18-14-6-4-13(10-17)5-7-14/h4-7H,8-12,17H2,1-3H3,(H,18,21). The Hall–Kier alpha value is -1.43. The van der Waals surface area contributed by atoms with Gasteiger partial charge in [0, 0.05) is 37.4 Å². The third-order valence-corrected chi connectivity index (χ3v) is 4.24. The van der Waals surface area contributed by atoms with Crippen LogP contribution in [0.3, 0.4) is 0 Å². The van der Waals surface area contributed by atoms with Crippen molar-refractivity contribution in [3.63, 3.8) is 0 Å². The highest BCUT2D eigenvalue weighted by Gasteiger charge is 2.31. The van der Waals surface area contributed by atoms with Crippen molar-refractivity contribution in [2.24, 2.45) is 5.73 Å². The lowest BCUT2D eigenvalue weighted by atomic mass is 10.00. The van der Waals surface area contributed by atoms with Gasteiger partial charge in [-0.1, -0.05) is 12.1 Å². The van der Waals surface area contributed by atoms with Gasteiger partial charge in [-0.15, -0.1) is 0 Å². The number of amides is 1. The Kier molecular flexibility index (Phi) is 4.98. The molecule has 0 aromatic heterocycles. The van der Waals surface area contributed by atoms with Crippen LogP contribution in [0, 0.1) is 0 Å². The van der Waals surface area contributed by atoms with E-state index in [-0.39, 0.29) is 11.4 Å². The molecule has 1 aliphatic rings. The fourth-order valence-electron chi connectivity index (χ4n) is 2.60. The zero-order valence-electron chi connectivity index (χ0n) is 13.2. The second kappa shape index (κ2) is 6.56. The van der Waals surface area contributed by atoms with E-state index in [1.54, 1.807) is 0 Å². The van der Waals surface area contributed by atoms with Crippen LogP contribution in [0.15, 0.2) is 24.3 Å². The molecule has 1 aromatic rings. The van der Waals surface area contributed by atoms with Crippen molar-refractivity contribution in [1.82, 2.24) is 9.80 Å². The molecular formula is C16H26N4O. The maximum atomic E-state index is 12.1. The van der Waals surface area contributed by atoms with Crippen molar-refractivity contribution >= 4 is 11.6 Å². The highest BCUT2D eigenvalue weighted by atomic mass is 16.2. The van der Waals surface area contributed by atoms with Gasteiger partial charge in [-0.2, -0.15) is 0 Å². The topological polar surface area (TPSA) is 61.6 Å². The van der Waals surface area contributed by atoms with Crippen LogP contribution in [0.2, 0.25) is 0 Å². The molecule has 116 valence electrons. The van der Waals surface area contributed by atoms with Crippen LogP contribution in [0.25, 0.3) is 0 Å². The van der Waals surface area contributed by atoms with Gasteiger partial charge < -0.3 is 11.1 Å². The van der Waals surface area contributed by atoms with Crippen LogP contribution in [0.4, 0.5) is 5.69 Å². The summed E-state index contributed by atoms with van der Waals surface area (Å²) >= 11 is 0. The number of nitrogens with one attached hydrogen (secondary N) is 1. The molecule has 0 bridgehead atoms. The minimum absolute atomic E-state index is 0.0378. The van der Waals surface area contributed by atoms with Crippen LogP contribution in [0.5, 0.6) is 0 Å². The number of likely N-dealkylation sites (N-methyl/N-ethyl adjacent to an activating group) is 1. The number of carbonyl (C=O) groups excluding carboxylic acids is 1. The van der Waals surface area contributed by atoms with E-state index in [1.165, 1.54) is 0 Å². The van der Waals surface area contributed by atoms with Gasteiger partial charge >= 0.3 is 0 Å². The normalized spacial score (nSPS) is 19.4. The molecule has 1 fully saturated rings. The second-order valence-electron chi connectivity index (χ2n) is 6.39. The number of nitrogens with zero attached hydrogens (tertiary/aromatic N) is 2. The van der Waals surface area contributed by atoms with Crippen LogP contribution in [-0.2, 0) is 11.3 Å².